The minimum absolute atomic E-state index is 0.0227. The van der Waals surface area contributed by atoms with Gasteiger partial charge in [0, 0.05) is 11.3 Å². The van der Waals surface area contributed by atoms with Gasteiger partial charge in [-0.3, -0.25) is 19.7 Å². The van der Waals surface area contributed by atoms with E-state index in [4.69, 9.17) is 0 Å². The number of rotatable bonds is 2. The van der Waals surface area contributed by atoms with Crippen LogP contribution in [0.3, 0.4) is 0 Å². The van der Waals surface area contributed by atoms with Gasteiger partial charge in [0.15, 0.2) is 0 Å². The van der Waals surface area contributed by atoms with Gasteiger partial charge in [0.05, 0.1) is 11.1 Å². The Bertz CT molecular complexity index is 846. The molecule has 0 atom stereocenters. The predicted octanol–water partition coefficient (Wildman–Crippen LogP) is 3.12. The van der Waals surface area contributed by atoms with Gasteiger partial charge in [-0.25, -0.2) is 0 Å². The fourth-order valence-corrected chi connectivity index (χ4v) is 2.57. The smallest absolute Gasteiger partial charge is 0.259 e. The molecular formula is C19H18N2O3. The van der Waals surface area contributed by atoms with Crippen LogP contribution >= 0.6 is 0 Å². The van der Waals surface area contributed by atoms with Gasteiger partial charge < -0.3 is 5.32 Å². The Balaban J connectivity index is 1.79. The van der Waals surface area contributed by atoms with E-state index < -0.39 is 11.8 Å². The van der Waals surface area contributed by atoms with Crippen molar-refractivity contribution in [1.29, 1.82) is 0 Å². The molecule has 0 bridgehead atoms. The summed E-state index contributed by atoms with van der Waals surface area (Å²) in [5, 5.41) is 4.98. The molecule has 24 heavy (non-hydrogen) atoms. The molecule has 2 aromatic rings. The van der Waals surface area contributed by atoms with Crippen molar-refractivity contribution >= 4 is 23.4 Å². The molecule has 3 rings (SSSR count). The van der Waals surface area contributed by atoms with Gasteiger partial charge in [0.2, 0.25) is 0 Å². The fraction of sp³-hybridized carbons (Fsp3) is 0.211. The summed E-state index contributed by atoms with van der Waals surface area (Å²) in [5.74, 6) is -1.12. The molecule has 0 spiro atoms. The molecule has 3 amide bonds. The standard InChI is InChI=1S/C19H18N2O3/c1-19(2,3)12-6-4-11(5-7-12)16(22)20-13-8-9-14-15(10-13)18(24)21-17(14)23/h4-10H,1-3H3,(H,20,22)(H,21,23,24). The zero-order valence-corrected chi connectivity index (χ0v) is 13.8. The van der Waals surface area contributed by atoms with Crippen molar-refractivity contribution in [2.24, 2.45) is 0 Å². The van der Waals surface area contributed by atoms with Crippen LogP contribution < -0.4 is 10.6 Å². The van der Waals surface area contributed by atoms with Crippen LogP contribution in [-0.4, -0.2) is 17.7 Å². The molecule has 0 fully saturated rings. The molecule has 0 saturated carbocycles. The molecule has 1 heterocycles. The molecule has 1 aliphatic rings. The summed E-state index contributed by atoms with van der Waals surface area (Å²) in [5.41, 5.74) is 2.78. The third-order valence-electron chi connectivity index (χ3n) is 4.01. The monoisotopic (exact) mass is 322 g/mol. The average Bonchev–Trinajstić information content (AvgIpc) is 2.81. The number of carbonyl (C=O) groups excluding carboxylic acids is 3. The molecule has 1 aliphatic heterocycles. The first-order valence-electron chi connectivity index (χ1n) is 7.67. The highest BCUT2D eigenvalue weighted by atomic mass is 16.2. The maximum absolute atomic E-state index is 12.3. The quantitative estimate of drug-likeness (QED) is 0.834. The minimum Gasteiger partial charge on any atom is -0.322 e. The lowest BCUT2D eigenvalue weighted by molar-refractivity contribution is 0.0878. The summed E-state index contributed by atoms with van der Waals surface area (Å²) >= 11 is 0. The fourth-order valence-electron chi connectivity index (χ4n) is 2.57. The first-order valence-corrected chi connectivity index (χ1v) is 7.67. The molecule has 0 aromatic heterocycles. The summed E-state index contributed by atoms with van der Waals surface area (Å²) in [6.07, 6.45) is 0. The van der Waals surface area contributed by atoms with E-state index >= 15 is 0 Å². The van der Waals surface area contributed by atoms with Crippen molar-refractivity contribution in [3.05, 3.63) is 64.7 Å². The number of amides is 3. The van der Waals surface area contributed by atoms with Crippen LogP contribution in [0.1, 0.15) is 57.4 Å². The summed E-state index contributed by atoms with van der Waals surface area (Å²) in [7, 11) is 0. The molecule has 0 radical (unpaired) electrons. The minimum atomic E-state index is -0.444. The normalized spacial score (nSPS) is 13.5. The molecule has 2 aromatic carbocycles. The highest BCUT2D eigenvalue weighted by molar-refractivity contribution is 6.22. The number of anilines is 1. The summed E-state index contributed by atoms with van der Waals surface area (Å²) < 4.78 is 0. The third kappa shape index (κ3) is 2.93. The van der Waals surface area contributed by atoms with Crippen molar-refractivity contribution in [2.75, 3.05) is 5.32 Å². The Morgan fingerprint density at radius 1 is 0.917 bits per heavy atom. The first-order chi connectivity index (χ1) is 11.3. The van der Waals surface area contributed by atoms with Crippen molar-refractivity contribution in [3.63, 3.8) is 0 Å². The Morgan fingerprint density at radius 3 is 2.17 bits per heavy atom. The van der Waals surface area contributed by atoms with Gasteiger partial charge in [0.25, 0.3) is 17.7 Å². The van der Waals surface area contributed by atoms with Gasteiger partial charge in [0.1, 0.15) is 0 Å². The number of fused-ring (bicyclic) bond motifs is 1. The second kappa shape index (κ2) is 5.60. The second-order valence-electron chi connectivity index (χ2n) is 6.83. The Morgan fingerprint density at radius 2 is 1.54 bits per heavy atom. The molecular weight excluding hydrogens is 304 g/mol. The summed E-state index contributed by atoms with van der Waals surface area (Å²) in [6, 6.07) is 12.1. The first kappa shape index (κ1) is 15.9. The maximum Gasteiger partial charge on any atom is 0.259 e. The van der Waals surface area contributed by atoms with Gasteiger partial charge >= 0.3 is 0 Å². The molecule has 5 nitrogen and oxygen atoms in total. The van der Waals surface area contributed by atoms with Gasteiger partial charge in [-0.05, 0) is 41.3 Å². The lowest BCUT2D eigenvalue weighted by atomic mass is 9.87. The van der Waals surface area contributed by atoms with Crippen LogP contribution in [0, 0.1) is 0 Å². The van der Waals surface area contributed by atoms with Gasteiger partial charge in [-0.2, -0.15) is 0 Å². The Labute approximate surface area is 140 Å². The second-order valence-corrected chi connectivity index (χ2v) is 6.83. The molecule has 0 unspecified atom stereocenters. The average molecular weight is 322 g/mol. The Kier molecular flexibility index (Phi) is 3.72. The largest absolute Gasteiger partial charge is 0.322 e. The van der Waals surface area contributed by atoms with Gasteiger partial charge in [-0.1, -0.05) is 32.9 Å². The number of hydrogen-bond acceptors (Lipinski definition) is 3. The van der Waals surface area contributed by atoms with Crippen molar-refractivity contribution in [2.45, 2.75) is 26.2 Å². The predicted molar refractivity (Wildman–Crippen MR) is 91.3 cm³/mol. The highest BCUT2D eigenvalue weighted by Gasteiger charge is 2.26. The number of hydrogen-bond donors (Lipinski definition) is 2. The van der Waals surface area contributed by atoms with Crippen LogP contribution in [0.5, 0.6) is 0 Å². The summed E-state index contributed by atoms with van der Waals surface area (Å²) in [4.78, 5) is 35.5. The zero-order chi connectivity index (χ0) is 17.5. The van der Waals surface area contributed by atoms with Crippen LogP contribution in [0.4, 0.5) is 5.69 Å². The lowest BCUT2D eigenvalue weighted by Crippen LogP contribution is -2.19. The van der Waals surface area contributed by atoms with E-state index in [1.54, 1.807) is 18.2 Å². The number of imide groups is 1. The maximum atomic E-state index is 12.3. The number of benzene rings is 2. The van der Waals surface area contributed by atoms with Crippen LogP contribution in [-0.2, 0) is 5.41 Å². The SMILES string of the molecule is CC(C)(C)c1ccc(C(=O)Nc2ccc3c(c2)C(=O)NC3=O)cc1. The van der Waals surface area contributed by atoms with Gasteiger partial charge in [-0.15, -0.1) is 0 Å². The highest BCUT2D eigenvalue weighted by Crippen LogP contribution is 2.23. The van der Waals surface area contributed by atoms with Crippen LogP contribution in [0.15, 0.2) is 42.5 Å². The number of nitrogens with one attached hydrogen (secondary N) is 2. The van der Waals surface area contributed by atoms with E-state index in [9.17, 15) is 14.4 Å². The van der Waals surface area contributed by atoms with Crippen molar-refractivity contribution in [3.8, 4) is 0 Å². The molecule has 0 aliphatic carbocycles. The van der Waals surface area contributed by atoms with E-state index in [0.717, 1.165) is 5.56 Å². The van der Waals surface area contributed by atoms with Crippen LogP contribution in [0.25, 0.3) is 0 Å². The molecule has 122 valence electrons. The molecule has 0 saturated heterocycles. The van der Waals surface area contributed by atoms with E-state index in [2.05, 4.69) is 31.4 Å². The Hall–Kier alpha value is -2.95. The van der Waals surface area contributed by atoms with E-state index in [0.29, 0.717) is 16.8 Å². The molecule has 2 N–H and O–H groups in total. The van der Waals surface area contributed by atoms with Crippen molar-refractivity contribution < 1.29 is 14.4 Å². The molecule has 5 heteroatoms. The third-order valence-corrected chi connectivity index (χ3v) is 4.01. The van der Waals surface area contributed by atoms with Crippen molar-refractivity contribution in [1.82, 2.24) is 5.32 Å². The zero-order valence-electron chi connectivity index (χ0n) is 13.8. The van der Waals surface area contributed by atoms with E-state index in [-0.39, 0.29) is 16.9 Å². The summed E-state index contributed by atoms with van der Waals surface area (Å²) in [6.45, 7) is 6.33. The van der Waals surface area contributed by atoms with E-state index in [1.165, 1.54) is 12.1 Å². The van der Waals surface area contributed by atoms with E-state index in [1.807, 2.05) is 12.1 Å². The number of carbonyl (C=O) groups is 3. The van der Waals surface area contributed by atoms with Crippen LogP contribution in [0.2, 0.25) is 0 Å². The topological polar surface area (TPSA) is 75.3 Å². The lowest BCUT2D eigenvalue weighted by Gasteiger charge is -2.19.